The fourth-order valence-electron chi connectivity index (χ4n) is 4.19. The van der Waals surface area contributed by atoms with E-state index in [1.165, 1.54) is 19.2 Å². The van der Waals surface area contributed by atoms with Crippen LogP contribution in [0.1, 0.15) is 39.1 Å². The number of aliphatic imine (C=N–C) groups is 1. The molecule has 1 saturated heterocycles. The fraction of sp³-hybridized carbons (Fsp3) is 0.200. The van der Waals surface area contributed by atoms with Crippen molar-refractivity contribution >= 4 is 52.8 Å². The first-order valence-corrected chi connectivity index (χ1v) is 12.8. The Balaban J connectivity index is 1.47. The van der Waals surface area contributed by atoms with Crippen LogP contribution in [0.25, 0.3) is 0 Å². The number of halogens is 1. The molecule has 40 heavy (non-hydrogen) atoms. The summed E-state index contributed by atoms with van der Waals surface area (Å²) in [7, 11) is 1.42. The molecule has 0 unspecified atom stereocenters. The number of carboxylic acid groups (broad SMARTS) is 1. The summed E-state index contributed by atoms with van der Waals surface area (Å²) in [5.74, 6) is 0.712. The van der Waals surface area contributed by atoms with Gasteiger partial charge in [-0.1, -0.05) is 17.5 Å². The zero-order chi connectivity index (χ0) is 28.6. The Morgan fingerprint density at radius 1 is 1.05 bits per heavy atom. The summed E-state index contributed by atoms with van der Waals surface area (Å²) in [5.41, 5.74) is 2.45. The van der Waals surface area contributed by atoms with Crippen molar-refractivity contribution in [1.82, 2.24) is 4.90 Å². The van der Waals surface area contributed by atoms with E-state index >= 15 is 0 Å². The topological polar surface area (TPSA) is 120 Å². The minimum atomic E-state index is -0.759. The normalized spacial score (nSPS) is 13.5. The number of methoxy groups -OCH3 is 1. The number of rotatable bonds is 8. The lowest BCUT2D eigenvalue weighted by atomic mass is 9.98. The Morgan fingerprint density at radius 3 is 2.33 bits per heavy atom. The monoisotopic (exact) mass is 558 g/mol. The Labute approximate surface area is 236 Å². The summed E-state index contributed by atoms with van der Waals surface area (Å²) in [6, 6.07) is 16.3. The molecule has 1 fully saturated rings. The number of anilines is 2. The van der Waals surface area contributed by atoms with E-state index in [-0.39, 0.29) is 27.9 Å². The van der Waals surface area contributed by atoms with Gasteiger partial charge in [-0.15, -0.1) is 6.42 Å². The number of amides is 2. The highest BCUT2D eigenvalue weighted by atomic mass is 35.5. The van der Waals surface area contributed by atoms with Crippen molar-refractivity contribution in [3.05, 3.63) is 82.4 Å². The van der Waals surface area contributed by atoms with Crippen molar-refractivity contribution < 1.29 is 24.2 Å². The number of hydrogen-bond donors (Lipinski definition) is 3. The molecule has 4 rings (SSSR count). The number of nitrogens with zero attached hydrogens (tertiary/aromatic N) is 2. The maximum absolute atomic E-state index is 13.2. The molecule has 0 atom stereocenters. The highest BCUT2D eigenvalue weighted by Crippen LogP contribution is 2.33. The standard InChI is InChI=1S/C30H27ClN4O5/c1-3-19-4-8-24(9-5-19)33-29(37)25-16-22(31)17-26(40-2)27(25)34-28(36)20-6-10-23(11-7-20)32-18-35-14-12-21(13-15-35)30(38)39/h1,4-11,16-18,21H,12-15H2,2H3,(H,33,37)(H,34,36)(H,38,39). The molecule has 10 heteroatoms. The van der Waals surface area contributed by atoms with Crippen LogP contribution < -0.4 is 15.4 Å². The zero-order valence-electron chi connectivity index (χ0n) is 21.7. The van der Waals surface area contributed by atoms with E-state index in [9.17, 15) is 14.4 Å². The molecule has 0 bridgehead atoms. The molecule has 2 amide bonds. The summed E-state index contributed by atoms with van der Waals surface area (Å²) >= 11 is 6.23. The summed E-state index contributed by atoms with van der Waals surface area (Å²) in [6.45, 7) is 1.24. The van der Waals surface area contributed by atoms with E-state index < -0.39 is 17.8 Å². The molecule has 1 aliphatic heterocycles. The Morgan fingerprint density at radius 2 is 1.73 bits per heavy atom. The van der Waals surface area contributed by atoms with Crippen LogP contribution in [0.2, 0.25) is 5.02 Å². The first-order valence-electron chi connectivity index (χ1n) is 12.5. The lowest BCUT2D eigenvalue weighted by molar-refractivity contribution is -0.143. The number of aliphatic carboxylic acids is 1. The largest absolute Gasteiger partial charge is 0.494 e. The van der Waals surface area contributed by atoms with Gasteiger partial charge >= 0.3 is 5.97 Å². The number of likely N-dealkylation sites (tertiary alicyclic amines) is 1. The molecule has 0 spiro atoms. The van der Waals surface area contributed by atoms with Crippen LogP contribution in [0.4, 0.5) is 17.1 Å². The number of piperidine rings is 1. The summed E-state index contributed by atoms with van der Waals surface area (Å²) in [4.78, 5) is 43.8. The van der Waals surface area contributed by atoms with Crippen LogP contribution in [0.3, 0.4) is 0 Å². The van der Waals surface area contributed by atoms with Gasteiger partial charge in [-0.2, -0.15) is 0 Å². The van der Waals surface area contributed by atoms with Gasteiger partial charge in [0.15, 0.2) is 0 Å². The van der Waals surface area contributed by atoms with Gasteiger partial charge < -0.3 is 25.4 Å². The van der Waals surface area contributed by atoms with Crippen molar-refractivity contribution in [2.75, 3.05) is 30.8 Å². The molecule has 0 radical (unpaired) electrons. The minimum absolute atomic E-state index is 0.117. The molecular weight excluding hydrogens is 532 g/mol. The maximum atomic E-state index is 13.2. The number of terminal acetylenes is 1. The predicted molar refractivity (Wildman–Crippen MR) is 155 cm³/mol. The molecule has 0 aliphatic carbocycles. The lowest BCUT2D eigenvalue weighted by Crippen LogP contribution is -2.35. The van der Waals surface area contributed by atoms with E-state index in [1.807, 2.05) is 4.90 Å². The molecule has 3 N–H and O–H groups in total. The molecule has 9 nitrogen and oxygen atoms in total. The van der Waals surface area contributed by atoms with E-state index in [0.717, 1.165) is 0 Å². The van der Waals surface area contributed by atoms with Crippen LogP contribution in [0, 0.1) is 18.3 Å². The van der Waals surface area contributed by atoms with Crippen molar-refractivity contribution in [3.63, 3.8) is 0 Å². The number of nitrogens with one attached hydrogen (secondary N) is 2. The van der Waals surface area contributed by atoms with Gasteiger partial charge in [0.25, 0.3) is 11.8 Å². The summed E-state index contributed by atoms with van der Waals surface area (Å²) < 4.78 is 5.40. The average Bonchev–Trinajstić information content (AvgIpc) is 2.97. The molecule has 3 aromatic carbocycles. The minimum Gasteiger partial charge on any atom is -0.494 e. The molecule has 1 heterocycles. The number of benzene rings is 3. The SMILES string of the molecule is C#Cc1ccc(NC(=O)c2cc(Cl)cc(OC)c2NC(=O)c2ccc(N=CN3CCC(C(=O)O)CC3)cc2)cc1. The number of hydrogen-bond acceptors (Lipinski definition) is 5. The summed E-state index contributed by atoms with van der Waals surface area (Å²) in [6.07, 6.45) is 8.23. The van der Waals surface area contributed by atoms with Crippen LogP contribution in [-0.2, 0) is 4.79 Å². The highest BCUT2D eigenvalue weighted by molar-refractivity contribution is 6.31. The second kappa shape index (κ2) is 12.8. The van der Waals surface area contributed by atoms with Crippen LogP contribution in [0.5, 0.6) is 5.75 Å². The Hall–Kier alpha value is -4.81. The van der Waals surface area contributed by atoms with Gasteiger partial charge in [0.1, 0.15) is 5.75 Å². The van der Waals surface area contributed by atoms with Gasteiger partial charge in [0.05, 0.1) is 36.3 Å². The molecule has 3 aromatic rings. The van der Waals surface area contributed by atoms with Crippen molar-refractivity contribution in [1.29, 1.82) is 0 Å². The predicted octanol–water partition coefficient (Wildman–Crippen LogP) is 5.29. The molecule has 1 aliphatic rings. The van der Waals surface area contributed by atoms with Gasteiger partial charge in [-0.25, -0.2) is 4.99 Å². The third kappa shape index (κ3) is 6.98. The van der Waals surface area contributed by atoms with Crippen molar-refractivity contribution in [2.24, 2.45) is 10.9 Å². The number of carbonyl (C=O) groups excluding carboxylic acids is 2. The van der Waals surface area contributed by atoms with Crippen LogP contribution in [-0.4, -0.2) is 54.3 Å². The second-order valence-electron chi connectivity index (χ2n) is 9.10. The van der Waals surface area contributed by atoms with E-state index in [2.05, 4.69) is 21.5 Å². The average molecular weight is 559 g/mol. The Kier molecular flexibility index (Phi) is 9.04. The van der Waals surface area contributed by atoms with E-state index in [1.54, 1.807) is 54.9 Å². The number of carbonyl (C=O) groups is 3. The maximum Gasteiger partial charge on any atom is 0.306 e. The molecule has 0 aromatic heterocycles. The second-order valence-corrected chi connectivity index (χ2v) is 9.54. The number of carboxylic acids is 1. The summed E-state index contributed by atoms with van der Waals surface area (Å²) in [5, 5.41) is 14.9. The smallest absolute Gasteiger partial charge is 0.306 e. The van der Waals surface area contributed by atoms with Gasteiger partial charge in [-0.05, 0) is 67.4 Å². The van der Waals surface area contributed by atoms with Gasteiger partial charge in [0, 0.05) is 41.0 Å². The van der Waals surface area contributed by atoms with E-state index in [4.69, 9.17) is 27.9 Å². The molecular formula is C30H27ClN4O5. The van der Waals surface area contributed by atoms with Crippen LogP contribution in [0.15, 0.2) is 65.7 Å². The van der Waals surface area contributed by atoms with Crippen LogP contribution >= 0.6 is 11.6 Å². The first kappa shape index (κ1) is 28.2. The third-order valence-corrected chi connectivity index (χ3v) is 6.68. The first-order chi connectivity index (χ1) is 19.3. The molecule has 204 valence electrons. The van der Waals surface area contributed by atoms with Gasteiger partial charge in [-0.3, -0.25) is 14.4 Å². The van der Waals surface area contributed by atoms with Gasteiger partial charge in [0.2, 0.25) is 0 Å². The Bertz CT molecular complexity index is 1470. The highest BCUT2D eigenvalue weighted by Gasteiger charge is 2.23. The third-order valence-electron chi connectivity index (χ3n) is 6.46. The number of ether oxygens (including phenoxy) is 1. The lowest BCUT2D eigenvalue weighted by Gasteiger charge is -2.28. The quantitative estimate of drug-likeness (QED) is 0.196. The zero-order valence-corrected chi connectivity index (χ0v) is 22.4. The van der Waals surface area contributed by atoms with E-state index in [0.29, 0.717) is 48.4 Å². The van der Waals surface area contributed by atoms with Crippen molar-refractivity contribution in [2.45, 2.75) is 12.8 Å². The fourth-order valence-corrected chi connectivity index (χ4v) is 4.40. The molecule has 0 saturated carbocycles. The van der Waals surface area contributed by atoms with Crippen molar-refractivity contribution in [3.8, 4) is 18.1 Å².